The fourth-order valence-electron chi connectivity index (χ4n) is 1.99. The van der Waals surface area contributed by atoms with Crippen LogP contribution in [0.2, 0.25) is 0 Å². The highest BCUT2D eigenvalue weighted by Crippen LogP contribution is 2.21. The van der Waals surface area contributed by atoms with E-state index < -0.39 is 6.10 Å². The topological polar surface area (TPSA) is 20.2 Å². The summed E-state index contributed by atoms with van der Waals surface area (Å²) in [6.07, 6.45) is 0.928. The minimum absolute atomic E-state index is 0.228. The van der Waals surface area contributed by atoms with Crippen LogP contribution in [0.5, 0.6) is 0 Å². The van der Waals surface area contributed by atoms with Gasteiger partial charge in [-0.05, 0) is 42.5 Å². The molecule has 2 heteroatoms. The van der Waals surface area contributed by atoms with Crippen LogP contribution >= 0.6 is 0 Å². The summed E-state index contributed by atoms with van der Waals surface area (Å²) in [5.74, 6) is -0.228. The van der Waals surface area contributed by atoms with Gasteiger partial charge in [-0.25, -0.2) is 4.39 Å². The van der Waals surface area contributed by atoms with E-state index in [9.17, 15) is 9.50 Å². The lowest BCUT2D eigenvalue weighted by Crippen LogP contribution is -2.00. The molecule has 0 aliphatic carbocycles. The first-order valence-corrected chi connectivity index (χ1v) is 6.15. The Balaban J connectivity index is 1.99. The van der Waals surface area contributed by atoms with Crippen molar-refractivity contribution in [2.45, 2.75) is 25.9 Å². The van der Waals surface area contributed by atoms with Gasteiger partial charge in [-0.2, -0.15) is 0 Å². The molecule has 0 aliphatic heterocycles. The standard InChI is InChI=1S/C16H17FO/c1-12-11-14(8-9-15(12)17)16(18)10-7-13-5-3-2-4-6-13/h2-6,8-9,11,16,18H,7,10H2,1H3. The molecular weight excluding hydrogens is 227 g/mol. The SMILES string of the molecule is Cc1cc(C(O)CCc2ccccc2)ccc1F. The van der Waals surface area contributed by atoms with Gasteiger partial charge in [0.15, 0.2) is 0 Å². The van der Waals surface area contributed by atoms with Gasteiger partial charge in [0.1, 0.15) is 5.82 Å². The van der Waals surface area contributed by atoms with Crippen molar-refractivity contribution in [2.24, 2.45) is 0 Å². The van der Waals surface area contributed by atoms with E-state index >= 15 is 0 Å². The first-order chi connectivity index (χ1) is 8.66. The number of halogens is 1. The van der Waals surface area contributed by atoms with Gasteiger partial charge in [-0.1, -0.05) is 42.5 Å². The Bertz CT molecular complexity index is 508. The zero-order chi connectivity index (χ0) is 13.0. The number of aliphatic hydroxyl groups excluding tert-OH is 1. The number of hydrogen-bond acceptors (Lipinski definition) is 1. The number of rotatable bonds is 4. The molecule has 18 heavy (non-hydrogen) atoms. The maximum absolute atomic E-state index is 13.1. The predicted octanol–water partition coefficient (Wildman–Crippen LogP) is 3.80. The lowest BCUT2D eigenvalue weighted by molar-refractivity contribution is 0.167. The zero-order valence-corrected chi connectivity index (χ0v) is 10.4. The van der Waals surface area contributed by atoms with Crippen molar-refractivity contribution in [1.82, 2.24) is 0 Å². The number of benzene rings is 2. The summed E-state index contributed by atoms with van der Waals surface area (Å²) in [5.41, 5.74) is 2.56. The maximum Gasteiger partial charge on any atom is 0.126 e. The summed E-state index contributed by atoms with van der Waals surface area (Å²) in [5, 5.41) is 10.1. The summed E-state index contributed by atoms with van der Waals surface area (Å²) in [4.78, 5) is 0. The number of aryl methyl sites for hydroxylation is 2. The van der Waals surface area contributed by atoms with Crippen LogP contribution in [0.15, 0.2) is 48.5 Å². The van der Waals surface area contributed by atoms with Gasteiger partial charge < -0.3 is 5.11 Å². The van der Waals surface area contributed by atoms with E-state index in [1.807, 2.05) is 30.3 Å². The lowest BCUT2D eigenvalue weighted by atomic mass is 10.00. The molecule has 1 nitrogen and oxygen atoms in total. The molecule has 1 atom stereocenters. The summed E-state index contributed by atoms with van der Waals surface area (Å²) in [6, 6.07) is 14.8. The van der Waals surface area contributed by atoms with E-state index in [2.05, 4.69) is 0 Å². The van der Waals surface area contributed by atoms with E-state index in [1.54, 1.807) is 19.1 Å². The molecule has 2 aromatic rings. The third-order valence-corrected chi connectivity index (χ3v) is 3.12. The molecule has 0 aliphatic rings. The van der Waals surface area contributed by atoms with Crippen molar-refractivity contribution in [3.05, 3.63) is 71.0 Å². The molecule has 0 amide bonds. The molecule has 0 bridgehead atoms. The molecule has 0 saturated heterocycles. The van der Waals surface area contributed by atoms with E-state index in [4.69, 9.17) is 0 Å². The summed E-state index contributed by atoms with van der Waals surface area (Å²) in [6.45, 7) is 1.71. The Hall–Kier alpha value is -1.67. The molecular formula is C16H17FO. The Morgan fingerprint density at radius 1 is 1.11 bits per heavy atom. The van der Waals surface area contributed by atoms with Crippen LogP contribution in [0.4, 0.5) is 4.39 Å². The molecule has 1 N–H and O–H groups in total. The predicted molar refractivity (Wildman–Crippen MR) is 70.9 cm³/mol. The van der Waals surface area contributed by atoms with Gasteiger partial charge in [0.2, 0.25) is 0 Å². The van der Waals surface area contributed by atoms with E-state index in [-0.39, 0.29) is 5.82 Å². The average molecular weight is 244 g/mol. The summed E-state index contributed by atoms with van der Waals surface area (Å²) < 4.78 is 13.1. The molecule has 2 aromatic carbocycles. The Kier molecular flexibility index (Phi) is 4.11. The van der Waals surface area contributed by atoms with Crippen LogP contribution in [-0.2, 0) is 6.42 Å². The summed E-state index contributed by atoms with van der Waals surface area (Å²) >= 11 is 0. The molecule has 0 saturated carbocycles. The monoisotopic (exact) mass is 244 g/mol. The van der Waals surface area contributed by atoms with Crippen molar-refractivity contribution >= 4 is 0 Å². The van der Waals surface area contributed by atoms with Crippen LogP contribution in [0.3, 0.4) is 0 Å². The third-order valence-electron chi connectivity index (χ3n) is 3.12. The lowest BCUT2D eigenvalue weighted by Gasteiger charge is -2.12. The smallest absolute Gasteiger partial charge is 0.126 e. The van der Waals surface area contributed by atoms with Crippen molar-refractivity contribution < 1.29 is 9.50 Å². The fourth-order valence-corrected chi connectivity index (χ4v) is 1.99. The Labute approximate surface area is 107 Å². The van der Waals surface area contributed by atoms with Gasteiger partial charge in [0, 0.05) is 0 Å². The quantitative estimate of drug-likeness (QED) is 0.867. The highest BCUT2D eigenvalue weighted by atomic mass is 19.1. The van der Waals surface area contributed by atoms with E-state index in [0.29, 0.717) is 12.0 Å². The first-order valence-electron chi connectivity index (χ1n) is 6.15. The van der Waals surface area contributed by atoms with Crippen LogP contribution in [0, 0.1) is 12.7 Å². The highest BCUT2D eigenvalue weighted by molar-refractivity contribution is 5.26. The molecule has 0 aromatic heterocycles. The molecule has 0 radical (unpaired) electrons. The van der Waals surface area contributed by atoms with Gasteiger partial charge in [0.05, 0.1) is 6.10 Å². The minimum Gasteiger partial charge on any atom is -0.388 e. The van der Waals surface area contributed by atoms with Gasteiger partial charge >= 0.3 is 0 Å². The molecule has 2 rings (SSSR count). The van der Waals surface area contributed by atoms with Crippen molar-refractivity contribution in [3.8, 4) is 0 Å². The molecule has 1 unspecified atom stereocenters. The maximum atomic E-state index is 13.1. The van der Waals surface area contributed by atoms with Crippen molar-refractivity contribution in [1.29, 1.82) is 0 Å². The van der Waals surface area contributed by atoms with Crippen molar-refractivity contribution in [2.75, 3.05) is 0 Å². The zero-order valence-electron chi connectivity index (χ0n) is 10.4. The molecule has 0 fully saturated rings. The fraction of sp³-hybridized carbons (Fsp3) is 0.250. The molecule has 94 valence electrons. The van der Waals surface area contributed by atoms with E-state index in [1.165, 1.54) is 11.6 Å². The molecule has 0 spiro atoms. The molecule has 0 heterocycles. The Morgan fingerprint density at radius 3 is 2.50 bits per heavy atom. The first kappa shape index (κ1) is 12.8. The average Bonchev–Trinajstić information content (AvgIpc) is 2.40. The third kappa shape index (κ3) is 3.17. The van der Waals surface area contributed by atoms with Crippen molar-refractivity contribution in [3.63, 3.8) is 0 Å². The largest absolute Gasteiger partial charge is 0.388 e. The second kappa shape index (κ2) is 5.78. The highest BCUT2D eigenvalue weighted by Gasteiger charge is 2.09. The minimum atomic E-state index is -0.537. The number of aliphatic hydroxyl groups is 1. The van der Waals surface area contributed by atoms with Gasteiger partial charge in [0.25, 0.3) is 0 Å². The Morgan fingerprint density at radius 2 is 1.83 bits per heavy atom. The number of hydrogen-bond donors (Lipinski definition) is 1. The second-order valence-corrected chi connectivity index (χ2v) is 4.55. The van der Waals surface area contributed by atoms with Gasteiger partial charge in [-0.15, -0.1) is 0 Å². The second-order valence-electron chi connectivity index (χ2n) is 4.55. The van der Waals surface area contributed by atoms with E-state index in [0.717, 1.165) is 12.0 Å². The normalized spacial score (nSPS) is 12.4. The van der Waals surface area contributed by atoms with Gasteiger partial charge in [-0.3, -0.25) is 0 Å². The van der Waals surface area contributed by atoms with Crippen LogP contribution in [-0.4, -0.2) is 5.11 Å². The van der Waals surface area contributed by atoms with Crippen LogP contribution in [0.25, 0.3) is 0 Å². The summed E-state index contributed by atoms with van der Waals surface area (Å²) in [7, 11) is 0. The van der Waals surface area contributed by atoms with Crippen LogP contribution < -0.4 is 0 Å². The van der Waals surface area contributed by atoms with Crippen LogP contribution in [0.1, 0.15) is 29.2 Å².